The van der Waals surface area contributed by atoms with Crippen molar-refractivity contribution in [3.05, 3.63) is 24.0 Å². The van der Waals surface area contributed by atoms with E-state index >= 15 is 0 Å². The molecule has 1 aromatic heterocycles. The van der Waals surface area contributed by atoms with Crippen LogP contribution in [0.3, 0.4) is 0 Å². The van der Waals surface area contributed by atoms with Gasteiger partial charge in [0.1, 0.15) is 6.07 Å². The molecule has 100 valence electrons. The largest absolute Gasteiger partial charge is 0.381 e. The standard InChI is InChI=1S/C15H19N3O/c16-10-12-11-17-7-3-14(12)18-13-4-8-19-15(9-13)5-1-2-6-15/h3,7,11,13H,1-2,4-6,8-9H2,(H,17,18). The summed E-state index contributed by atoms with van der Waals surface area (Å²) in [6, 6.07) is 4.48. The van der Waals surface area contributed by atoms with Gasteiger partial charge < -0.3 is 10.1 Å². The summed E-state index contributed by atoms with van der Waals surface area (Å²) in [5.41, 5.74) is 1.63. The molecule has 4 heteroatoms. The fraction of sp³-hybridized carbons (Fsp3) is 0.600. The summed E-state index contributed by atoms with van der Waals surface area (Å²) in [5, 5.41) is 12.6. The maximum atomic E-state index is 9.10. The molecule has 1 N–H and O–H groups in total. The van der Waals surface area contributed by atoms with Gasteiger partial charge in [0.2, 0.25) is 0 Å². The zero-order valence-corrected chi connectivity index (χ0v) is 11.1. The highest BCUT2D eigenvalue weighted by Gasteiger charge is 2.39. The summed E-state index contributed by atoms with van der Waals surface area (Å²) in [5.74, 6) is 0. The molecule has 1 aliphatic carbocycles. The van der Waals surface area contributed by atoms with Gasteiger partial charge in [0.15, 0.2) is 0 Å². The number of hydrogen-bond acceptors (Lipinski definition) is 4. The second kappa shape index (κ2) is 5.18. The highest BCUT2D eigenvalue weighted by atomic mass is 16.5. The number of anilines is 1. The number of pyridine rings is 1. The van der Waals surface area contributed by atoms with Crippen LogP contribution in [0.15, 0.2) is 18.5 Å². The molecule has 1 unspecified atom stereocenters. The smallest absolute Gasteiger partial charge is 0.103 e. The first kappa shape index (κ1) is 12.4. The Morgan fingerprint density at radius 3 is 3.05 bits per heavy atom. The van der Waals surface area contributed by atoms with Crippen molar-refractivity contribution in [3.63, 3.8) is 0 Å². The quantitative estimate of drug-likeness (QED) is 0.885. The van der Waals surface area contributed by atoms with Crippen LogP contribution in [0.5, 0.6) is 0 Å². The minimum atomic E-state index is 0.107. The molecule has 1 saturated heterocycles. The molecule has 1 aliphatic heterocycles. The van der Waals surface area contributed by atoms with E-state index < -0.39 is 0 Å². The Hall–Kier alpha value is -1.60. The number of nitrogens with zero attached hydrogens (tertiary/aromatic N) is 2. The normalized spacial score (nSPS) is 25.1. The molecule has 0 radical (unpaired) electrons. The summed E-state index contributed by atoms with van der Waals surface area (Å²) < 4.78 is 6.03. The first-order chi connectivity index (χ1) is 9.31. The lowest BCUT2D eigenvalue weighted by Crippen LogP contribution is -2.42. The van der Waals surface area contributed by atoms with E-state index in [1.54, 1.807) is 12.4 Å². The van der Waals surface area contributed by atoms with Gasteiger partial charge in [0.25, 0.3) is 0 Å². The van der Waals surface area contributed by atoms with E-state index in [1.165, 1.54) is 25.7 Å². The number of ether oxygens (including phenoxy) is 1. The fourth-order valence-corrected chi connectivity index (χ4v) is 3.35. The molecule has 3 rings (SSSR count). The minimum absolute atomic E-state index is 0.107. The summed E-state index contributed by atoms with van der Waals surface area (Å²) >= 11 is 0. The van der Waals surface area contributed by atoms with E-state index in [2.05, 4.69) is 16.4 Å². The molecule has 2 heterocycles. The van der Waals surface area contributed by atoms with Gasteiger partial charge in [-0.25, -0.2) is 0 Å². The molecule has 19 heavy (non-hydrogen) atoms. The van der Waals surface area contributed by atoms with E-state index in [4.69, 9.17) is 10.00 Å². The lowest BCUT2D eigenvalue weighted by atomic mass is 9.88. The first-order valence-corrected chi connectivity index (χ1v) is 7.06. The molecule has 1 atom stereocenters. The van der Waals surface area contributed by atoms with Gasteiger partial charge in [-0.2, -0.15) is 5.26 Å². The SMILES string of the molecule is N#Cc1cnccc1NC1CCOC2(CCCC2)C1. The number of nitriles is 1. The maximum absolute atomic E-state index is 9.10. The van der Waals surface area contributed by atoms with Crippen LogP contribution >= 0.6 is 0 Å². The fourth-order valence-electron chi connectivity index (χ4n) is 3.35. The van der Waals surface area contributed by atoms with Crippen molar-refractivity contribution in [1.82, 2.24) is 4.98 Å². The summed E-state index contributed by atoms with van der Waals surface area (Å²) in [6.45, 7) is 0.824. The molecular formula is C15H19N3O. The topological polar surface area (TPSA) is 57.9 Å². The maximum Gasteiger partial charge on any atom is 0.103 e. The zero-order chi connectivity index (χ0) is 13.1. The van der Waals surface area contributed by atoms with Gasteiger partial charge in [-0.15, -0.1) is 0 Å². The van der Waals surface area contributed by atoms with E-state index in [9.17, 15) is 0 Å². The lowest BCUT2D eigenvalue weighted by Gasteiger charge is -2.39. The highest BCUT2D eigenvalue weighted by molar-refractivity contribution is 5.56. The highest BCUT2D eigenvalue weighted by Crippen LogP contribution is 2.40. The minimum Gasteiger partial charge on any atom is -0.381 e. The lowest BCUT2D eigenvalue weighted by molar-refractivity contribution is -0.0767. The van der Waals surface area contributed by atoms with E-state index in [0.717, 1.165) is 25.1 Å². The summed E-state index contributed by atoms with van der Waals surface area (Å²) in [7, 11) is 0. The van der Waals surface area contributed by atoms with Crippen LogP contribution in [-0.4, -0.2) is 23.2 Å². The van der Waals surface area contributed by atoms with Crippen molar-refractivity contribution >= 4 is 5.69 Å². The van der Waals surface area contributed by atoms with Crippen molar-refractivity contribution in [1.29, 1.82) is 5.26 Å². The summed E-state index contributed by atoms with van der Waals surface area (Å²) in [6.07, 6.45) is 10.4. The van der Waals surface area contributed by atoms with Gasteiger partial charge in [-0.3, -0.25) is 4.98 Å². The van der Waals surface area contributed by atoms with Gasteiger partial charge in [-0.05, 0) is 31.7 Å². The van der Waals surface area contributed by atoms with Crippen molar-refractivity contribution in [2.75, 3.05) is 11.9 Å². The molecule has 0 amide bonds. The molecule has 1 spiro atoms. The number of rotatable bonds is 2. The number of hydrogen-bond donors (Lipinski definition) is 1. The molecular weight excluding hydrogens is 238 g/mol. The van der Waals surface area contributed by atoms with Crippen LogP contribution in [-0.2, 0) is 4.74 Å². The van der Waals surface area contributed by atoms with Gasteiger partial charge >= 0.3 is 0 Å². The van der Waals surface area contributed by atoms with Gasteiger partial charge in [0.05, 0.1) is 16.9 Å². The summed E-state index contributed by atoms with van der Waals surface area (Å²) in [4.78, 5) is 3.99. The molecule has 0 bridgehead atoms. The van der Waals surface area contributed by atoms with Crippen LogP contribution in [0.4, 0.5) is 5.69 Å². The van der Waals surface area contributed by atoms with E-state index in [1.807, 2.05) is 6.07 Å². The Kier molecular flexibility index (Phi) is 3.39. The predicted molar refractivity (Wildman–Crippen MR) is 72.7 cm³/mol. The monoisotopic (exact) mass is 257 g/mol. The van der Waals surface area contributed by atoms with Crippen LogP contribution < -0.4 is 5.32 Å². The molecule has 1 aromatic rings. The first-order valence-electron chi connectivity index (χ1n) is 7.06. The average Bonchev–Trinajstić information content (AvgIpc) is 2.87. The van der Waals surface area contributed by atoms with Crippen molar-refractivity contribution in [2.45, 2.75) is 50.2 Å². The number of aromatic nitrogens is 1. The third kappa shape index (κ3) is 2.57. The van der Waals surface area contributed by atoms with Gasteiger partial charge in [-0.1, -0.05) is 12.8 Å². The predicted octanol–water partition coefficient (Wildman–Crippen LogP) is 2.86. The van der Waals surface area contributed by atoms with Crippen LogP contribution in [0.2, 0.25) is 0 Å². The van der Waals surface area contributed by atoms with Crippen LogP contribution in [0.25, 0.3) is 0 Å². The zero-order valence-electron chi connectivity index (χ0n) is 11.1. The second-order valence-electron chi connectivity index (χ2n) is 5.61. The molecule has 4 nitrogen and oxygen atoms in total. The van der Waals surface area contributed by atoms with E-state index in [0.29, 0.717) is 11.6 Å². The Balaban J connectivity index is 1.71. The van der Waals surface area contributed by atoms with E-state index in [-0.39, 0.29) is 5.60 Å². The van der Waals surface area contributed by atoms with Crippen molar-refractivity contribution in [2.24, 2.45) is 0 Å². The van der Waals surface area contributed by atoms with Gasteiger partial charge in [0, 0.05) is 25.0 Å². The average molecular weight is 257 g/mol. The second-order valence-corrected chi connectivity index (χ2v) is 5.61. The molecule has 0 aromatic carbocycles. The van der Waals surface area contributed by atoms with Crippen molar-refractivity contribution < 1.29 is 4.74 Å². The molecule has 1 saturated carbocycles. The Morgan fingerprint density at radius 2 is 2.26 bits per heavy atom. The van der Waals surface area contributed by atoms with Crippen LogP contribution in [0, 0.1) is 11.3 Å². The van der Waals surface area contributed by atoms with Crippen molar-refractivity contribution in [3.8, 4) is 6.07 Å². The Labute approximate surface area is 113 Å². The number of nitrogens with one attached hydrogen (secondary N) is 1. The van der Waals surface area contributed by atoms with Crippen LogP contribution in [0.1, 0.15) is 44.1 Å². The molecule has 2 fully saturated rings. The third-order valence-corrected chi connectivity index (χ3v) is 4.31. The Morgan fingerprint density at radius 1 is 1.42 bits per heavy atom. The molecule has 2 aliphatic rings. The third-order valence-electron chi connectivity index (χ3n) is 4.31. The Bertz CT molecular complexity index is 488.